The van der Waals surface area contributed by atoms with Gasteiger partial charge in [-0.3, -0.25) is 10.1 Å². The Hall–Kier alpha value is -2.52. The first-order chi connectivity index (χ1) is 14.4. The summed E-state index contributed by atoms with van der Waals surface area (Å²) < 4.78 is 12.4. The number of nitrogens with one attached hydrogen (secondary N) is 1. The van der Waals surface area contributed by atoms with Gasteiger partial charge in [-0.2, -0.15) is 0 Å². The van der Waals surface area contributed by atoms with Crippen LogP contribution < -0.4 is 14.8 Å². The number of anilines is 1. The Bertz CT molecular complexity index is 1060. The molecule has 0 spiro atoms. The van der Waals surface area contributed by atoms with Crippen LogP contribution in [0.1, 0.15) is 16.7 Å². The van der Waals surface area contributed by atoms with Crippen molar-refractivity contribution in [2.45, 2.75) is 20.1 Å². The lowest BCUT2D eigenvalue weighted by atomic mass is 10.1. The second-order valence-corrected chi connectivity index (χ2v) is 8.16. The van der Waals surface area contributed by atoms with Gasteiger partial charge >= 0.3 is 0 Å². The number of nitrogens with zero attached hydrogens (tertiary/aromatic N) is 1. The van der Waals surface area contributed by atoms with Crippen molar-refractivity contribution in [1.82, 2.24) is 0 Å². The molecule has 0 fully saturated rings. The first-order valence-electron chi connectivity index (χ1n) is 9.10. The van der Waals surface area contributed by atoms with Crippen molar-refractivity contribution in [3.63, 3.8) is 0 Å². The predicted molar refractivity (Wildman–Crippen MR) is 127 cm³/mol. The van der Waals surface area contributed by atoms with E-state index in [2.05, 4.69) is 27.9 Å². The number of nitro benzene ring substituents is 1. The summed E-state index contributed by atoms with van der Waals surface area (Å²) >= 11 is 8.40. The van der Waals surface area contributed by atoms with Gasteiger partial charge < -0.3 is 14.8 Å². The van der Waals surface area contributed by atoms with Crippen LogP contribution in [-0.4, -0.2) is 12.0 Å². The Kier molecular flexibility index (Phi) is 7.38. The molecule has 0 saturated carbocycles. The SMILES string of the molecule is COc1cc(CNc2cccc(Cl)c2C)cc(I)c1OCc1ccc([N+](=O)[O-])cc1. The average Bonchev–Trinajstić information content (AvgIpc) is 2.74. The lowest BCUT2D eigenvalue weighted by Crippen LogP contribution is -2.04. The van der Waals surface area contributed by atoms with E-state index in [0.717, 1.165) is 31.0 Å². The molecule has 156 valence electrons. The Labute approximate surface area is 193 Å². The standard InChI is InChI=1S/C22H20ClIN2O4/c1-14-18(23)4-3-5-20(14)25-12-16-10-19(24)22(21(11-16)29-2)30-13-15-6-8-17(9-7-15)26(27)28/h3-11,25H,12-13H2,1-2H3. The number of nitro groups is 1. The van der Waals surface area contributed by atoms with Crippen molar-refractivity contribution in [2.75, 3.05) is 12.4 Å². The van der Waals surface area contributed by atoms with Crippen LogP contribution >= 0.6 is 34.2 Å². The van der Waals surface area contributed by atoms with E-state index in [-0.39, 0.29) is 12.3 Å². The quantitative estimate of drug-likeness (QED) is 0.205. The molecule has 0 bridgehead atoms. The number of benzene rings is 3. The summed E-state index contributed by atoms with van der Waals surface area (Å²) in [4.78, 5) is 10.4. The molecule has 0 aliphatic heterocycles. The number of non-ortho nitro benzene ring substituents is 1. The second-order valence-electron chi connectivity index (χ2n) is 6.59. The van der Waals surface area contributed by atoms with Gasteiger partial charge in [-0.05, 0) is 82.6 Å². The third kappa shape index (κ3) is 5.34. The molecule has 0 atom stereocenters. The number of methoxy groups -OCH3 is 1. The van der Waals surface area contributed by atoms with Crippen LogP contribution in [-0.2, 0) is 13.2 Å². The average molecular weight is 539 g/mol. The van der Waals surface area contributed by atoms with E-state index >= 15 is 0 Å². The summed E-state index contributed by atoms with van der Waals surface area (Å²) in [6.45, 7) is 2.87. The maximum atomic E-state index is 10.8. The molecule has 30 heavy (non-hydrogen) atoms. The largest absolute Gasteiger partial charge is 0.493 e. The summed E-state index contributed by atoms with van der Waals surface area (Å²) in [5.74, 6) is 1.27. The topological polar surface area (TPSA) is 73.6 Å². The van der Waals surface area contributed by atoms with Crippen molar-refractivity contribution < 1.29 is 14.4 Å². The van der Waals surface area contributed by atoms with E-state index < -0.39 is 4.92 Å². The monoisotopic (exact) mass is 538 g/mol. The molecule has 0 aromatic heterocycles. The Morgan fingerprint density at radius 3 is 2.53 bits per heavy atom. The van der Waals surface area contributed by atoms with Crippen LogP contribution in [0.15, 0.2) is 54.6 Å². The summed E-state index contributed by atoms with van der Waals surface area (Å²) in [5, 5.41) is 14.9. The molecule has 0 radical (unpaired) electrons. The van der Waals surface area contributed by atoms with Crippen LogP contribution in [0.4, 0.5) is 11.4 Å². The van der Waals surface area contributed by atoms with E-state index in [0.29, 0.717) is 18.0 Å². The molecular weight excluding hydrogens is 519 g/mol. The molecule has 3 rings (SSSR count). The van der Waals surface area contributed by atoms with Gasteiger partial charge in [-0.15, -0.1) is 0 Å². The minimum Gasteiger partial charge on any atom is -0.493 e. The second kappa shape index (κ2) is 9.99. The van der Waals surface area contributed by atoms with E-state index in [1.807, 2.05) is 37.3 Å². The smallest absolute Gasteiger partial charge is 0.269 e. The van der Waals surface area contributed by atoms with Gasteiger partial charge in [0.15, 0.2) is 11.5 Å². The van der Waals surface area contributed by atoms with Crippen LogP contribution in [0.25, 0.3) is 0 Å². The number of hydrogen-bond donors (Lipinski definition) is 1. The first-order valence-corrected chi connectivity index (χ1v) is 10.6. The van der Waals surface area contributed by atoms with Crippen LogP contribution in [0.2, 0.25) is 5.02 Å². The highest BCUT2D eigenvalue weighted by atomic mass is 127. The molecule has 3 aromatic rings. The highest BCUT2D eigenvalue weighted by molar-refractivity contribution is 14.1. The first kappa shape index (κ1) is 22.2. The van der Waals surface area contributed by atoms with Crippen molar-refractivity contribution in [3.8, 4) is 11.5 Å². The van der Waals surface area contributed by atoms with E-state index in [1.165, 1.54) is 12.1 Å². The molecule has 0 aliphatic rings. The number of rotatable bonds is 8. The van der Waals surface area contributed by atoms with Gasteiger partial charge in [0.05, 0.1) is 15.6 Å². The molecule has 0 amide bonds. The molecule has 8 heteroatoms. The summed E-state index contributed by atoms with van der Waals surface area (Å²) in [7, 11) is 1.60. The van der Waals surface area contributed by atoms with Crippen LogP contribution in [0.3, 0.4) is 0 Å². The molecule has 1 N–H and O–H groups in total. The van der Waals surface area contributed by atoms with Crippen LogP contribution in [0.5, 0.6) is 11.5 Å². The van der Waals surface area contributed by atoms with Gasteiger partial charge in [0.2, 0.25) is 0 Å². The maximum absolute atomic E-state index is 10.8. The fourth-order valence-electron chi connectivity index (χ4n) is 2.88. The van der Waals surface area contributed by atoms with Crippen molar-refractivity contribution in [2.24, 2.45) is 0 Å². The maximum Gasteiger partial charge on any atom is 0.269 e. The zero-order valence-corrected chi connectivity index (χ0v) is 19.4. The number of ether oxygens (including phenoxy) is 2. The fraction of sp³-hybridized carbons (Fsp3) is 0.182. The third-order valence-electron chi connectivity index (χ3n) is 4.57. The molecular formula is C22H20ClIN2O4. The van der Waals surface area contributed by atoms with E-state index in [9.17, 15) is 10.1 Å². The van der Waals surface area contributed by atoms with Crippen molar-refractivity contribution in [3.05, 3.63) is 90.0 Å². The van der Waals surface area contributed by atoms with Gasteiger partial charge in [-0.25, -0.2) is 0 Å². The Balaban J connectivity index is 1.72. The Morgan fingerprint density at radius 1 is 1.13 bits per heavy atom. The highest BCUT2D eigenvalue weighted by Crippen LogP contribution is 2.35. The van der Waals surface area contributed by atoms with Crippen LogP contribution in [0, 0.1) is 20.6 Å². The Morgan fingerprint density at radius 2 is 1.87 bits per heavy atom. The summed E-state index contributed by atoms with van der Waals surface area (Å²) in [5.41, 5.74) is 3.91. The normalized spacial score (nSPS) is 10.5. The van der Waals surface area contributed by atoms with Crippen molar-refractivity contribution >= 4 is 45.6 Å². The predicted octanol–water partition coefficient (Wildman–Crippen LogP) is 6.36. The summed E-state index contributed by atoms with van der Waals surface area (Å²) in [6.07, 6.45) is 0. The van der Waals surface area contributed by atoms with E-state index in [1.54, 1.807) is 19.2 Å². The lowest BCUT2D eigenvalue weighted by molar-refractivity contribution is -0.384. The lowest BCUT2D eigenvalue weighted by Gasteiger charge is -2.16. The van der Waals surface area contributed by atoms with Gasteiger partial charge in [0.1, 0.15) is 6.61 Å². The number of hydrogen-bond acceptors (Lipinski definition) is 5. The molecule has 0 heterocycles. The highest BCUT2D eigenvalue weighted by Gasteiger charge is 2.13. The molecule has 0 aliphatic carbocycles. The van der Waals surface area contributed by atoms with Crippen molar-refractivity contribution in [1.29, 1.82) is 0 Å². The van der Waals surface area contributed by atoms with Gasteiger partial charge in [-0.1, -0.05) is 17.7 Å². The van der Waals surface area contributed by atoms with E-state index in [4.69, 9.17) is 21.1 Å². The van der Waals surface area contributed by atoms with Gasteiger partial charge in [0, 0.05) is 29.4 Å². The third-order valence-corrected chi connectivity index (χ3v) is 5.78. The molecule has 3 aromatic carbocycles. The molecule has 0 saturated heterocycles. The summed E-state index contributed by atoms with van der Waals surface area (Å²) in [6, 6.07) is 16.0. The minimum atomic E-state index is -0.422. The zero-order valence-electron chi connectivity index (χ0n) is 16.4. The number of halogens is 2. The minimum absolute atomic E-state index is 0.0534. The van der Waals surface area contributed by atoms with Gasteiger partial charge in [0.25, 0.3) is 5.69 Å². The fourth-order valence-corrected chi connectivity index (χ4v) is 3.88. The molecule has 0 unspecified atom stereocenters. The zero-order chi connectivity index (χ0) is 21.7. The molecule has 6 nitrogen and oxygen atoms in total.